The molecule has 2 rings (SSSR count). The van der Waals surface area contributed by atoms with Crippen LogP contribution in [0.2, 0.25) is 0 Å². The summed E-state index contributed by atoms with van der Waals surface area (Å²) in [6.45, 7) is 7.41. The molecule has 0 saturated carbocycles. The van der Waals surface area contributed by atoms with Crippen LogP contribution in [0.25, 0.3) is 0 Å². The van der Waals surface area contributed by atoms with Gasteiger partial charge in [0.2, 0.25) is 23.7 Å². The van der Waals surface area contributed by atoms with Crippen molar-refractivity contribution in [2.24, 2.45) is 0 Å². The fraction of sp³-hybridized carbons (Fsp3) is 0.467. The van der Waals surface area contributed by atoms with Crippen LogP contribution in [0.1, 0.15) is 69.8 Å². The Morgan fingerprint density at radius 1 is 1.00 bits per heavy atom. The van der Waals surface area contributed by atoms with Gasteiger partial charge >= 0.3 is 11.9 Å². The number of carbonyl (C=O) groups is 6. The Balaban J connectivity index is 2.17. The Morgan fingerprint density at radius 3 is 2.26 bits per heavy atom. The predicted octanol–water partition coefficient (Wildman–Crippen LogP) is 1.69. The third-order valence-corrected chi connectivity index (χ3v) is 6.33. The minimum atomic E-state index is -1.07. The highest BCUT2D eigenvalue weighted by Crippen LogP contribution is 2.26. The molecule has 250 valence electrons. The minimum absolute atomic E-state index is 0.00713. The van der Waals surface area contributed by atoms with Crippen LogP contribution < -0.4 is 31.1 Å². The molecule has 46 heavy (non-hydrogen) atoms. The molecule has 1 aromatic heterocycles. The molecule has 0 aliphatic carbocycles. The summed E-state index contributed by atoms with van der Waals surface area (Å²) in [5.41, 5.74) is 0.144. The zero-order valence-corrected chi connectivity index (χ0v) is 26.7. The highest BCUT2D eigenvalue weighted by atomic mass is 16.5. The molecule has 1 heterocycles. The Hall–Kier alpha value is -5.28. The van der Waals surface area contributed by atoms with Crippen molar-refractivity contribution in [1.29, 1.82) is 0 Å². The van der Waals surface area contributed by atoms with Crippen LogP contribution in [0, 0.1) is 0 Å². The Labute approximate surface area is 265 Å². The SMILES string of the molecule is CCOC(=O)CC[C@H](NC(=O)c1ccc(NCCCc2c(N(C(C)=O)C(C)=O)nc(NC(C)=O)[nH]c2=O)c(OC)c1)C(=O)OCC. The lowest BCUT2D eigenvalue weighted by atomic mass is 10.1. The zero-order valence-electron chi connectivity index (χ0n) is 26.7. The highest BCUT2D eigenvalue weighted by molar-refractivity contribution is 6.13. The van der Waals surface area contributed by atoms with E-state index in [9.17, 15) is 33.6 Å². The quantitative estimate of drug-likeness (QED) is 0.152. The summed E-state index contributed by atoms with van der Waals surface area (Å²) >= 11 is 0. The lowest BCUT2D eigenvalue weighted by Crippen LogP contribution is -2.42. The molecule has 0 bridgehead atoms. The number of methoxy groups -OCH3 is 1. The van der Waals surface area contributed by atoms with E-state index in [0.29, 0.717) is 24.4 Å². The van der Waals surface area contributed by atoms with Crippen molar-refractivity contribution in [3.63, 3.8) is 0 Å². The fourth-order valence-corrected chi connectivity index (χ4v) is 4.34. The topological polar surface area (TPSA) is 215 Å². The Bertz CT molecular complexity index is 1490. The second-order valence-corrected chi connectivity index (χ2v) is 9.84. The number of aromatic nitrogens is 2. The number of anilines is 3. The van der Waals surface area contributed by atoms with Crippen molar-refractivity contribution in [1.82, 2.24) is 15.3 Å². The molecular formula is C30H40N6O10. The van der Waals surface area contributed by atoms with Crippen LogP contribution in [0.15, 0.2) is 23.0 Å². The first-order chi connectivity index (χ1) is 21.8. The normalized spacial score (nSPS) is 11.1. The van der Waals surface area contributed by atoms with Crippen molar-refractivity contribution < 1.29 is 43.0 Å². The van der Waals surface area contributed by atoms with Crippen LogP contribution in [0.4, 0.5) is 17.5 Å². The zero-order chi connectivity index (χ0) is 34.4. The van der Waals surface area contributed by atoms with Gasteiger partial charge in [-0.2, -0.15) is 4.98 Å². The lowest BCUT2D eigenvalue weighted by Gasteiger charge is -2.20. The average Bonchev–Trinajstić information content (AvgIpc) is 2.97. The van der Waals surface area contributed by atoms with Gasteiger partial charge in [-0.15, -0.1) is 0 Å². The molecule has 16 heteroatoms. The van der Waals surface area contributed by atoms with E-state index in [1.165, 1.54) is 26.2 Å². The Kier molecular flexibility index (Phi) is 14.3. The first-order valence-corrected chi connectivity index (χ1v) is 14.6. The molecule has 2 aromatic rings. The summed E-state index contributed by atoms with van der Waals surface area (Å²) in [6.07, 6.45) is 0.348. The van der Waals surface area contributed by atoms with E-state index < -0.39 is 47.2 Å². The number of carbonyl (C=O) groups excluding carboxylic acids is 6. The van der Waals surface area contributed by atoms with Crippen LogP contribution in [0.3, 0.4) is 0 Å². The number of ether oxygens (including phenoxy) is 3. The van der Waals surface area contributed by atoms with Gasteiger partial charge in [-0.3, -0.25) is 39.1 Å². The van der Waals surface area contributed by atoms with Gasteiger partial charge in [0.05, 0.1) is 31.6 Å². The second-order valence-electron chi connectivity index (χ2n) is 9.84. The van der Waals surface area contributed by atoms with Gasteiger partial charge in [0, 0.05) is 39.3 Å². The van der Waals surface area contributed by atoms with E-state index in [-0.39, 0.29) is 55.4 Å². The van der Waals surface area contributed by atoms with Gasteiger partial charge in [-0.25, -0.2) is 9.69 Å². The molecule has 0 radical (unpaired) electrons. The number of aromatic amines is 1. The van der Waals surface area contributed by atoms with Crippen molar-refractivity contribution in [2.45, 2.75) is 66.3 Å². The van der Waals surface area contributed by atoms with Crippen molar-refractivity contribution >= 4 is 53.0 Å². The minimum Gasteiger partial charge on any atom is -0.495 e. The van der Waals surface area contributed by atoms with Crippen LogP contribution in [-0.4, -0.2) is 78.4 Å². The maximum atomic E-state index is 13.0. The van der Waals surface area contributed by atoms with Crippen LogP contribution in [-0.2, 0) is 39.9 Å². The molecule has 4 amide bonds. The van der Waals surface area contributed by atoms with Crippen LogP contribution in [0.5, 0.6) is 5.75 Å². The van der Waals surface area contributed by atoms with Gasteiger partial charge in [0.15, 0.2) is 5.82 Å². The van der Waals surface area contributed by atoms with E-state index >= 15 is 0 Å². The van der Waals surface area contributed by atoms with Gasteiger partial charge < -0.3 is 24.8 Å². The molecule has 1 atom stereocenters. The first-order valence-electron chi connectivity index (χ1n) is 14.6. The number of nitrogens with zero attached hydrogens (tertiary/aromatic N) is 2. The number of amides is 4. The number of imide groups is 1. The second kappa shape index (κ2) is 17.9. The van der Waals surface area contributed by atoms with E-state index in [1.54, 1.807) is 19.9 Å². The molecule has 0 spiro atoms. The smallest absolute Gasteiger partial charge is 0.328 e. The fourth-order valence-electron chi connectivity index (χ4n) is 4.34. The van der Waals surface area contributed by atoms with E-state index in [2.05, 4.69) is 25.9 Å². The molecule has 0 saturated heterocycles. The summed E-state index contributed by atoms with van der Waals surface area (Å²) in [4.78, 5) is 93.4. The largest absolute Gasteiger partial charge is 0.495 e. The molecular weight excluding hydrogens is 604 g/mol. The summed E-state index contributed by atoms with van der Waals surface area (Å²) < 4.78 is 15.4. The van der Waals surface area contributed by atoms with Crippen LogP contribution >= 0.6 is 0 Å². The predicted molar refractivity (Wildman–Crippen MR) is 167 cm³/mol. The summed E-state index contributed by atoms with van der Waals surface area (Å²) in [6, 6.07) is 3.51. The van der Waals surface area contributed by atoms with Gasteiger partial charge in [0.1, 0.15) is 11.8 Å². The molecule has 0 aliphatic heterocycles. The van der Waals surface area contributed by atoms with E-state index in [1.807, 2.05) is 0 Å². The molecule has 16 nitrogen and oxygen atoms in total. The van der Waals surface area contributed by atoms with Crippen molar-refractivity contribution in [3.8, 4) is 5.75 Å². The maximum absolute atomic E-state index is 13.0. The molecule has 0 aliphatic rings. The van der Waals surface area contributed by atoms with E-state index in [0.717, 1.165) is 18.7 Å². The molecule has 1 aromatic carbocycles. The number of rotatable bonds is 16. The first kappa shape index (κ1) is 36.9. The number of H-pyrrole nitrogens is 1. The third-order valence-electron chi connectivity index (χ3n) is 6.33. The average molecular weight is 645 g/mol. The standard InChI is InChI=1S/C30H40N6O10/c1-7-45-25(40)14-13-23(29(43)46-8-2)33-27(41)20-11-12-22(24(16-20)44-6)31-15-9-10-21-26(36(18(4)38)19(5)39)34-30(32-17(3)37)35-28(21)42/h11-12,16,23,31H,7-10,13-15H2,1-6H3,(H,33,41)(H2,32,34,35,37,42)/t23-/m0/s1. The Morgan fingerprint density at radius 2 is 1.67 bits per heavy atom. The number of hydrogen-bond donors (Lipinski definition) is 4. The number of nitrogens with one attached hydrogen (secondary N) is 4. The molecule has 4 N–H and O–H groups in total. The number of esters is 2. The van der Waals surface area contributed by atoms with E-state index in [4.69, 9.17) is 14.2 Å². The maximum Gasteiger partial charge on any atom is 0.328 e. The van der Waals surface area contributed by atoms with Gasteiger partial charge in [-0.05, 0) is 51.3 Å². The van der Waals surface area contributed by atoms with Gasteiger partial charge in [-0.1, -0.05) is 0 Å². The third kappa shape index (κ3) is 10.7. The lowest BCUT2D eigenvalue weighted by molar-refractivity contribution is -0.147. The summed E-state index contributed by atoms with van der Waals surface area (Å²) in [5, 5.41) is 8.09. The number of benzene rings is 1. The molecule has 0 unspecified atom stereocenters. The number of hydrogen-bond acceptors (Lipinski definition) is 12. The summed E-state index contributed by atoms with van der Waals surface area (Å²) in [7, 11) is 1.41. The van der Waals surface area contributed by atoms with Crippen molar-refractivity contribution in [3.05, 3.63) is 39.7 Å². The molecule has 0 fully saturated rings. The summed E-state index contributed by atoms with van der Waals surface area (Å²) in [5.74, 6) is -3.65. The highest BCUT2D eigenvalue weighted by Gasteiger charge is 2.26. The van der Waals surface area contributed by atoms with Crippen molar-refractivity contribution in [2.75, 3.05) is 42.4 Å². The van der Waals surface area contributed by atoms with Gasteiger partial charge in [0.25, 0.3) is 11.5 Å². The monoisotopic (exact) mass is 644 g/mol.